The van der Waals surface area contributed by atoms with Gasteiger partial charge >= 0.3 is 0 Å². The first-order valence-electron chi connectivity index (χ1n) is 6.77. The van der Waals surface area contributed by atoms with Crippen LogP contribution < -0.4 is 5.32 Å². The van der Waals surface area contributed by atoms with E-state index in [1.54, 1.807) is 18.2 Å². The summed E-state index contributed by atoms with van der Waals surface area (Å²) in [6.45, 7) is 0. The van der Waals surface area contributed by atoms with Crippen molar-refractivity contribution in [2.75, 3.05) is 17.3 Å². The molecule has 0 unspecified atom stereocenters. The van der Waals surface area contributed by atoms with E-state index >= 15 is 0 Å². The zero-order valence-corrected chi connectivity index (χ0v) is 14.8. The molecule has 0 saturated carbocycles. The van der Waals surface area contributed by atoms with E-state index in [1.807, 2.05) is 18.2 Å². The predicted octanol–water partition coefficient (Wildman–Crippen LogP) is 3.62. The Morgan fingerprint density at radius 2 is 1.91 bits per heavy atom. The monoisotopic (exact) mass is 369 g/mol. The summed E-state index contributed by atoms with van der Waals surface area (Å²) in [7, 11) is -3.29. The molecule has 0 aliphatic heterocycles. The first kappa shape index (κ1) is 17.8. The highest BCUT2D eigenvalue weighted by Crippen LogP contribution is 2.18. The maximum absolute atomic E-state index is 11.9. The average molecular weight is 370 g/mol. The molecule has 1 amide bonds. The number of sulfone groups is 1. The predicted molar refractivity (Wildman–Crippen MR) is 95.8 cm³/mol. The van der Waals surface area contributed by atoms with Gasteiger partial charge in [-0.2, -0.15) is 0 Å². The smallest absolute Gasteiger partial charge is 0.234 e. The molecular formula is C16H16ClNO3S2. The molecule has 0 bridgehead atoms. The SMILES string of the molecule is CS(=O)(=O)c1cccc(NC(=O)CSCc2cccc(Cl)c2)c1. The Kier molecular flexibility index (Phi) is 6.10. The Morgan fingerprint density at radius 3 is 2.61 bits per heavy atom. The Morgan fingerprint density at radius 1 is 1.17 bits per heavy atom. The van der Waals surface area contributed by atoms with Crippen LogP contribution in [0.1, 0.15) is 5.56 Å². The summed E-state index contributed by atoms with van der Waals surface area (Å²) in [5.41, 5.74) is 1.52. The van der Waals surface area contributed by atoms with Gasteiger partial charge in [0.1, 0.15) is 0 Å². The summed E-state index contributed by atoms with van der Waals surface area (Å²) < 4.78 is 23.0. The lowest BCUT2D eigenvalue weighted by atomic mass is 10.2. The molecule has 122 valence electrons. The standard InChI is InChI=1S/C16H16ClNO3S2/c1-23(20,21)15-7-3-6-14(9-15)18-16(19)11-22-10-12-4-2-5-13(17)8-12/h2-9H,10-11H2,1H3,(H,18,19). The van der Waals surface area contributed by atoms with Gasteiger partial charge in [-0.3, -0.25) is 4.79 Å². The summed E-state index contributed by atoms with van der Waals surface area (Å²) in [6, 6.07) is 13.7. The first-order chi connectivity index (χ1) is 10.8. The van der Waals surface area contributed by atoms with Crippen LogP contribution in [0.25, 0.3) is 0 Å². The van der Waals surface area contributed by atoms with E-state index in [1.165, 1.54) is 23.9 Å². The number of nitrogens with one attached hydrogen (secondary N) is 1. The van der Waals surface area contributed by atoms with Crippen molar-refractivity contribution in [1.82, 2.24) is 0 Å². The third-order valence-corrected chi connectivity index (χ3v) is 5.29. The van der Waals surface area contributed by atoms with Crippen LogP contribution in [0.5, 0.6) is 0 Å². The second-order valence-electron chi connectivity index (χ2n) is 4.97. The Hall–Kier alpha value is -1.50. The Bertz CT molecular complexity index is 806. The summed E-state index contributed by atoms with van der Waals surface area (Å²) in [5, 5.41) is 3.37. The molecule has 0 aliphatic rings. The molecule has 0 aliphatic carbocycles. The lowest BCUT2D eigenvalue weighted by Gasteiger charge is -2.07. The number of halogens is 1. The maximum atomic E-state index is 11.9. The molecule has 2 aromatic carbocycles. The van der Waals surface area contributed by atoms with E-state index in [-0.39, 0.29) is 16.6 Å². The minimum absolute atomic E-state index is 0.178. The first-order valence-corrected chi connectivity index (χ1v) is 10.2. The van der Waals surface area contributed by atoms with Crippen molar-refractivity contribution < 1.29 is 13.2 Å². The number of benzene rings is 2. The zero-order valence-electron chi connectivity index (χ0n) is 12.5. The summed E-state index contributed by atoms with van der Waals surface area (Å²) in [4.78, 5) is 12.1. The van der Waals surface area contributed by atoms with Crippen molar-refractivity contribution in [2.45, 2.75) is 10.6 Å². The summed E-state index contributed by atoms with van der Waals surface area (Å²) in [6.07, 6.45) is 1.13. The number of hydrogen-bond donors (Lipinski definition) is 1. The number of thioether (sulfide) groups is 1. The highest BCUT2D eigenvalue weighted by Gasteiger charge is 2.09. The molecule has 0 spiro atoms. The van der Waals surface area contributed by atoms with Crippen LogP contribution in [0.15, 0.2) is 53.4 Å². The van der Waals surface area contributed by atoms with Gasteiger partial charge in [-0.25, -0.2) is 8.42 Å². The minimum Gasteiger partial charge on any atom is -0.325 e. The lowest BCUT2D eigenvalue weighted by molar-refractivity contribution is -0.113. The molecule has 0 radical (unpaired) electrons. The molecule has 0 fully saturated rings. The van der Waals surface area contributed by atoms with E-state index < -0.39 is 9.84 Å². The maximum Gasteiger partial charge on any atom is 0.234 e. The number of carbonyl (C=O) groups excluding carboxylic acids is 1. The van der Waals surface area contributed by atoms with Crippen LogP contribution in [-0.4, -0.2) is 26.3 Å². The van der Waals surface area contributed by atoms with Crippen molar-refractivity contribution in [3.05, 3.63) is 59.1 Å². The van der Waals surface area contributed by atoms with Crippen LogP contribution in [0.2, 0.25) is 5.02 Å². The molecule has 1 N–H and O–H groups in total. The van der Waals surface area contributed by atoms with Crippen LogP contribution in [-0.2, 0) is 20.4 Å². The number of amides is 1. The number of hydrogen-bond acceptors (Lipinski definition) is 4. The Balaban J connectivity index is 1.88. The van der Waals surface area contributed by atoms with Crippen molar-refractivity contribution in [3.63, 3.8) is 0 Å². The van der Waals surface area contributed by atoms with Gasteiger partial charge in [0, 0.05) is 22.7 Å². The minimum atomic E-state index is -3.29. The molecule has 7 heteroatoms. The quantitative estimate of drug-likeness (QED) is 0.844. The highest BCUT2D eigenvalue weighted by molar-refractivity contribution is 7.99. The van der Waals surface area contributed by atoms with Gasteiger partial charge in [0.15, 0.2) is 9.84 Å². The van der Waals surface area contributed by atoms with E-state index in [2.05, 4.69) is 5.32 Å². The van der Waals surface area contributed by atoms with Gasteiger partial charge in [-0.1, -0.05) is 29.8 Å². The van der Waals surface area contributed by atoms with E-state index in [0.29, 0.717) is 16.5 Å². The van der Waals surface area contributed by atoms with Crippen LogP contribution in [0.4, 0.5) is 5.69 Å². The van der Waals surface area contributed by atoms with Gasteiger partial charge in [-0.05, 0) is 35.9 Å². The van der Waals surface area contributed by atoms with Gasteiger partial charge < -0.3 is 5.32 Å². The van der Waals surface area contributed by atoms with Gasteiger partial charge in [0.05, 0.1) is 10.6 Å². The Labute approximate surface area is 145 Å². The summed E-state index contributed by atoms with van der Waals surface area (Å²) in [5.74, 6) is 0.773. The zero-order chi connectivity index (χ0) is 16.9. The van der Waals surface area contributed by atoms with Crippen LogP contribution in [0, 0.1) is 0 Å². The summed E-state index contributed by atoms with van der Waals surface area (Å²) >= 11 is 7.37. The van der Waals surface area contributed by atoms with Crippen LogP contribution >= 0.6 is 23.4 Å². The highest BCUT2D eigenvalue weighted by atomic mass is 35.5. The number of rotatable bonds is 6. The second-order valence-corrected chi connectivity index (χ2v) is 8.41. The third kappa shape index (κ3) is 5.89. The molecule has 23 heavy (non-hydrogen) atoms. The fourth-order valence-electron chi connectivity index (χ4n) is 1.89. The van der Waals surface area contributed by atoms with E-state index in [9.17, 15) is 13.2 Å². The fourth-order valence-corrected chi connectivity index (χ4v) is 3.54. The van der Waals surface area contributed by atoms with E-state index in [4.69, 9.17) is 11.6 Å². The molecule has 4 nitrogen and oxygen atoms in total. The number of carbonyl (C=O) groups is 1. The molecular weight excluding hydrogens is 354 g/mol. The second kappa shape index (κ2) is 7.86. The van der Waals surface area contributed by atoms with Gasteiger partial charge in [-0.15, -0.1) is 11.8 Å². The number of anilines is 1. The fraction of sp³-hybridized carbons (Fsp3) is 0.188. The molecule has 2 rings (SSSR count). The van der Waals surface area contributed by atoms with Gasteiger partial charge in [0.25, 0.3) is 0 Å². The van der Waals surface area contributed by atoms with Crippen molar-refractivity contribution in [2.24, 2.45) is 0 Å². The van der Waals surface area contributed by atoms with E-state index in [0.717, 1.165) is 11.8 Å². The normalized spacial score (nSPS) is 11.2. The van der Waals surface area contributed by atoms with Crippen molar-refractivity contribution in [3.8, 4) is 0 Å². The average Bonchev–Trinajstić information content (AvgIpc) is 2.46. The molecule has 0 atom stereocenters. The third-order valence-electron chi connectivity index (χ3n) is 2.94. The largest absolute Gasteiger partial charge is 0.325 e. The molecule has 0 heterocycles. The van der Waals surface area contributed by atoms with Crippen molar-refractivity contribution >= 4 is 44.8 Å². The molecule has 2 aromatic rings. The molecule has 0 saturated heterocycles. The van der Waals surface area contributed by atoms with Crippen LogP contribution in [0.3, 0.4) is 0 Å². The molecule has 0 aromatic heterocycles. The van der Waals surface area contributed by atoms with Gasteiger partial charge in [0.2, 0.25) is 5.91 Å². The lowest BCUT2D eigenvalue weighted by Crippen LogP contribution is -2.14. The topological polar surface area (TPSA) is 63.2 Å². The van der Waals surface area contributed by atoms with Crippen molar-refractivity contribution in [1.29, 1.82) is 0 Å².